The number of nitrogens with zero attached hydrogens (tertiary/aromatic N) is 2. The van der Waals surface area contributed by atoms with Gasteiger partial charge in [0.2, 0.25) is 5.95 Å². The van der Waals surface area contributed by atoms with Gasteiger partial charge in [-0.15, -0.1) is 0 Å². The second-order valence-electron chi connectivity index (χ2n) is 3.93. The molecule has 0 amide bonds. The molecule has 2 rings (SSSR count). The summed E-state index contributed by atoms with van der Waals surface area (Å²) >= 11 is 0. The van der Waals surface area contributed by atoms with Crippen LogP contribution in [0.1, 0.15) is 35.1 Å². The van der Waals surface area contributed by atoms with Crippen molar-refractivity contribution in [3.63, 3.8) is 0 Å². The predicted molar refractivity (Wildman–Crippen MR) is 53.0 cm³/mol. The Kier molecular flexibility index (Phi) is 1.98. The van der Waals surface area contributed by atoms with E-state index in [9.17, 15) is 4.79 Å². The first kappa shape index (κ1) is 9.12. The molecule has 4 nitrogen and oxygen atoms in total. The van der Waals surface area contributed by atoms with Gasteiger partial charge in [-0.2, -0.15) is 0 Å². The van der Waals surface area contributed by atoms with Gasteiger partial charge in [-0.1, -0.05) is 6.92 Å². The quantitative estimate of drug-likeness (QED) is 0.667. The highest BCUT2D eigenvalue weighted by Crippen LogP contribution is 2.25. The number of Topliss-reactive ketones (excluding diaryl/α,β-unsaturated/α-hetero) is 1. The molecule has 0 saturated heterocycles. The molecule has 2 N–H and O–H groups in total. The van der Waals surface area contributed by atoms with Gasteiger partial charge in [-0.25, -0.2) is 9.97 Å². The molecule has 14 heavy (non-hydrogen) atoms. The van der Waals surface area contributed by atoms with Gasteiger partial charge in [0, 0.05) is 6.42 Å². The largest absolute Gasteiger partial charge is 0.368 e. The maximum atomic E-state index is 11.7. The average Bonchev–Trinajstić information content (AvgIpc) is 1.99. The van der Waals surface area contributed by atoms with Crippen molar-refractivity contribution in [3.8, 4) is 0 Å². The molecule has 1 heterocycles. The number of aryl methyl sites for hydroxylation is 1. The summed E-state index contributed by atoms with van der Waals surface area (Å²) in [5.74, 6) is 0.781. The molecule has 0 fully saturated rings. The standard InChI is InChI=1S/C10H13N3O/c1-5-3-7-9(8(14)4-5)6(2)12-10(11)13-7/h5H,3-4H2,1-2H3,(H2,11,12,13)/t5-/m0/s1. The summed E-state index contributed by atoms with van der Waals surface area (Å²) < 4.78 is 0. The fourth-order valence-electron chi connectivity index (χ4n) is 1.99. The maximum absolute atomic E-state index is 11.7. The summed E-state index contributed by atoms with van der Waals surface area (Å²) in [6.45, 7) is 3.86. The topological polar surface area (TPSA) is 68.9 Å². The number of anilines is 1. The number of ketones is 1. The van der Waals surface area contributed by atoms with Gasteiger partial charge in [0.15, 0.2) is 5.78 Å². The molecule has 4 heteroatoms. The Bertz CT molecular complexity index is 401. The van der Waals surface area contributed by atoms with E-state index >= 15 is 0 Å². The van der Waals surface area contributed by atoms with Gasteiger partial charge in [0.25, 0.3) is 0 Å². The van der Waals surface area contributed by atoms with Crippen LogP contribution in [0.5, 0.6) is 0 Å². The Morgan fingerprint density at radius 3 is 2.79 bits per heavy atom. The van der Waals surface area contributed by atoms with E-state index in [1.807, 2.05) is 6.92 Å². The highest BCUT2D eigenvalue weighted by atomic mass is 16.1. The number of carbonyl (C=O) groups excluding carboxylic acids is 1. The van der Waals surface area contributed by atoms with Crippen LogP contribution in [0.25, 0.3) is 0 Å². The van der Waals surface area contributed by atoms with Gasteiger partial charge in [-0.05, 0) is 19.3 Å². The molecule has 1 aromatic rings. The van der Waals surface area contributed by atoms with Crippen LogP contribution in [-0.2, 0) is 6.42 Å². The van der Waals surface area contributed by atoms with Crippen molar-refractivity contribution in [3.05, 3.63) is 17.0 Å². The van der Waals surface area contributed by atoms with E-state index in [0.717, 1.165) is 12.1 Å². The first-order valence-corrected chi connectivity index (χ1v) is 4.74. The number of rotatable bonds is 0. The Morgan fingerprint density at radius 1 is 1.36 bits per heavy atom. The number of fused-ring (bicyclic) bond motifs is 1. The molecular formula is C10H13N3O. The molecule has 1 aliphatic carbocycles. The summed E-state index contributed by atoms with van der Waals surface area (Å²) in [7, 11) is 0. The Labute approximate surface area is 82.6 Å². The van der Waals surface area contributed by atoms with E-state index < -0.39 is 0 Å². The molecule has 0 unspecified atom stereocenters. The van der Waals surface area contributed by atoms with E-state index in [4.69, 9.17) is 5.73 Å². The SMILES string of the molecule is Cc1nc(N)nc2c1C(=O)C[C@@H](C)C2. The maximum Gasteiger partial charge on any atom is 0.220 e. The Hall–Kier alpha value is -1.45. The zero-order chi connectivity index (χ0) is 10.3. The minimum atomic E-state index is 0.149. The fraction of sp³-hybridized carbons (Fsp3) is 0.500. The third-order valence-corrected chi connectivity index (χ3v) is 2.54. The van der Waals surface area contributed by atoms with Crippen molar-refractivity contribution in [2.45, 2.75) is 26.7 Å². The van der Waals surface area contributed by atoms with Crippen molar-refractivity contribution >= 4 is 11.7 Å². The molecule has 0 spiro atoms. The van der Waals surface area contributed by atoms with Crippen molar-refractivity contribution < 1.29 is 4.79 Å². The zero-order valence-corrected chi connectivity index (χ0v) is 8.37. The molecular weight excluding hydrogens is 178 g/mol. The summed E-state index contributed by atoms with van der Waals surface area (Å²) in [4.78, 5) is 19.8. The number of nitrogen functional groups attached to an aromatic ring is 1. The molecule has 74 valence electrons. The number of aromatic nitrogens is 2. The first-order valence-electron chi connectivity index (χ1n) is 4.74. The number of hydrogen-bond donors (Lipinski definition) is 1. The number of hydrogen-bond acceptors (Lipinski definition) is 4. The van der Waals surface area contributed by atoms with Gasteiger partial charge in [0.1, 0.15) is 0 Å². The smallest absolute Gasteiger partial charge is 0.220 e. The first-order chi connectivity index (χ1) is 6.58. The van der Waals surface area contributed by atoms with Crippen molar-refractivity contribution in [2.24, 2.45) is 5.92 Å². The van der Waals surface area contributed by atoms with Crippen LogP contribution >= 0.6 is 0 Å². The van der Waals surface area contributed by atoms with E-state index in [-0.39, 0.29) is 11.7 Å². The van der Waals surface area contributed by atoms with Crippen LogP contribution in [0.2, 0.25) is 0 Å². The van der Waals surface area contributed by atoms with E-state index in [2.05, 4.69) is 16.9 Å². The van der Waals surface area contributed by atoms with Crippen molar-refractivity contribution in [1.29, 1.82) is 0 Å². The lowest BCUT2D eigenvalue weighted by Gasteiger charge is -2.20. The lowest BCUT2D eigenvalue weighted by Crippen LogP contribution is -2.22. The summed E-state index contributed by atoms with van der Waals surface area (Å²) in [6.07, 6.45) is 1.43. The van der Waals surface area contributed by atoms with Crippen LogP contribution in [-0.4, -0.2) is 15.8 Å². The second-order valence-corrected chi connectivity index (χ2v) is 3.93. The number of carbonyl (C=O) groups is 1. The Balaban J connectivity index is 2.59. The van der Waals surface area contributed by atoms with Crippen molar-refractivity contribution in [1.82, 2.24) is 9.97 Å². The van der Waals surface area contributed by atoms with Gasteiger partial charge < -0.3 is 5.73 Å². The fourth-order valence-corrected chi connectivity index (χ4v) is 1.99. The third kappa shape index (κ3) is 1.36. The molecule has 1 atom stereocenters. The second kappa shape index (κ2) is 3.04. The summed E-state index contributed by atoms with van der Waals surface area (Å²) in [5.41, 5.74) is 7.76. The lowest BCUT2D eigenvalue weighted by molar-refractivity contribution is 0.0951. The molecule has 0 aromatic carbocycles. The van der Waals surface area contributed by atoms with Crippen LogP contribution in [0, 0.1) is 12.8 Å². The monoisotopic (exact) mass is 191 g/mol. The molecule has 0 radical (unpaired) electrons. The number of nitrogens with two attached hydrogens (primary N) is 1. The molecule has 0 aliphatic heterocycles. The molecule has 0 bridgehead atoms. The third-order valence-electron chi connectivity index (χ3n) is 2.54. The average molecular weight is 191 g/mol. The highest BCUT2D eigenvalue weighted by Gasteiger charge is 2.26. The minimum Gasteiger partial charge on any atom is -0.368 e. The molecule has 1 aliphatic rings. The minimum absolute atomic E-state index is 0.149. The Morgan fingerprint density at radius 2 is 2.07 bits per heavy atom. The van der Waals surface area contributed by atoms with Crippen molar-refractivity contribution in [2.75, 3.05) is 5.73 Å². The summed E-state index contributed by atoms with van der Waals surface area (Å²) in [6, 6.07) is 0. The molecule has 0 saturated carbocycles. The van der Waals surface area contributed by atoms with E-state index in [1.165, 1.54) is 0 Å². The van der Waals surface area contributed by atoms with Gasteiger partial charge in [-0.3, -0.25) is 4.79 Å². The normalized spacial score (nSPS) is 20.7. The van der Waals surface area contributed by atoms with E-state index in [1.54, 1.807) is 0 Å². The lowest BCUT2D eigenvalue weighted by atomic mass is 9.86. The van der Waals surface area contributed by atoms with Gasteiger partial charge in [0.05, 0.1) is 17.0 Å². The van der Waals surface area contributed by atoms with Crippen LogP contribution in [0.3, 0.4) is 0 Å². The zero-order valence-electron chi connectivity index (χ0n) is 8.37. The van der Waals surface area contributed by atoms with Crippen LogP contribution in [0.15, 0.2) is 0 Å². The van der Waals surface area contributed by atoms with Crippen LogP contribution in [0.4, 0.5) is 5.95 Å². The van der Waals surface area contributed by atoms with Crippen LogP contribution < -0.4 is 5.73 Å². The summed E-state index contributed by atoms with van der Waals surface area (Å²) in [5, 5.41) is 0. The van der Waals surface area contributed by atoms with E-state index in [0.29, 0.717) is 23.6 Å². The van der Waals surface area contributed by atoms with Gasteiger partial charge >= 0.3 is 0 Å². The highest BCUT2D eigenvalue weighted by molar-refractivity contribution is 5.99. The molecule has 1 aromatic heterocycles. The predicted octanol–water partition coefficient (Wildman–Crippen LogP) is 1.13.